The van der Waals surface area contributed by atoms with Crippen molar-refractivity contribution >= 4 is 17.0 Å². The molecule has 2 aromatic carbocycles. The molecule has 3 nitrogen and oxygen atoms in total. The van der Waals surface area contributed by atoms with Gasteiger partial charge in [-0.25, -0.2) is 0 Å². The lowest BCUT2D eigenvalue weighted by Gasteiger charge is -2.03. The zero-order valence-electron chi connectivity index (χ0n) is 7.38. The predicted molar refractivity (Wildman–Crippen MR) is 55.0 cm³/mol. The number of nitrogens with zero attached hydrogens (tertiary/aromatic N) is 1. The van der Waals surface area contributed by atoms with E-state index in [1.165, 1.54) is 6.21 Å². The van der Waals surface area contributed by atoms with Crippen LogP contribution in [0.2, 0.25) is 0 Å². The molecule has 2 N–H and O–H groups in total. The normalized spacial score (nSPS) is 11.1. The van der Waals surface area contributed by atoms with Crippen molar-refractivity contribution in [3.8, 4) is 5.75 Å². The average Bonchev–Trinajstić information content (AvgIpc) is 2.19. The van der Waals surface area contributed by atoms with E-state index in [0.717, 1.165) is 5.39 Å². The van der Waals surface area contributed by atoms with Gasteiger partial charge in [-0.15, -0.1) is 0 Å². The molecule has 2 aromatic rings. The molecule has 0 aliphatic carbocycles. The molecule has 0 spiro atoms. The first-order valence-corrected chi connectivity index (χ1v) is 4.21. The standard InChI is InChI=1S/C11H9NO2/c13-10-6-2-4-8-3-1-5-9(7-12-14)11(8)10/h1-7,13-14H/b12-7+. The molecule has 3 heteroatoms. The van der Waals surface area contributed by atoms with Gasteiger partial charge in [0.1, 0.15) is 5.75 Å². The van der Waals surface area contributed by atoms with Gasteiger partial charge in [0.25, 0.3) is 0 Å². The maximum atomic E-state index is 9.64. The molecule has 14 heavy (non-hydrogen) atoms. The van der Waals surface area contributed by atoms with Gasteiger partial charge in [0.05, 0.1) is 6.21 Å². The summed E-state index contributed by atoms with van der Waals surface area (Å²) in [7, 11) is 0. The summed E-state index contributed by atoms with van der Waals surface area (Å²) in [6.45, 7) is 0. The first-order chi connectivity index (χ1) is 6.83. The third-order valence-electron chi connectivity index (χ3n) is 2.11. The lowest BCUT2D eigenvalue weighted by atomic mass is 10.0. The second kappa shape index (κ2) is 3.38. The van der Waals surface area contributed by atoms with Crippen molar-refractivity contribution in [1.82, 2.24) is 0 Å². The minimum Gasteiger partial charge on any atom is -0.507 e. The Kier molecular flexibility index (Phi) is 2.07. The Morgan fingerprint density at radius 1 is 1.07 bits per heavy atom. The topological polar surface area (TPSA) is 52.8 Å². The average molecular weight is 187 g/mol. The summed E-state index contributed by atoms with van der Waals surface area (Å²) in [6.07, 6.45) is 1.31. The lowest BCUT2D eigenvalue weighted by molar-refractivity contribution is 0.322. The Hall–Kier alpha value is -2.03. The minimum absolute atomic E-state index is 0.193. The number of oxime groups is 1. The summed E-state index contributed by atoms with van der Waals surface area (Å²) in [5, 5.41) is 22.7. The molecule has 0 bridgehead atoms. The van der Waals surface area contributed by atoms with Crippen LogP contribution >= 0.6 is 0 Å². The van der Waals surface area contributed by atoms with Crippen LogP contribution in [0.3, 0.4) is 0 Å². The van der Waals surface area contributed by atoms with E-state index in [4.69, 9.17) is 5.21 Å². The number of benzene rings is 2. The molecule has 0 radical (unpaired) electrons. The highest BCUT2D eigenvalue weighted by Gasteiger charge is 2.02. The van der Waals surface area contributed by atoms with Gasteiger partial charge in [-0.1, -0.05) is 35.5 Å². The number of hydrogen-bond acceptors (Lipinski definition) is 3. The fourth-order valence-electron chi connectivity index (χ4n) is 1.52. The number of fused-ring (bicyclic) bond motifs is 1. The first-order valence-electron chi connectivity index (χ1n) is 4.21. The van der Waals surface area contributed by atoms with Crippen molar-refractivity contribution in [2.45, 2.75) is 0 Å². The van der Waals surface area contributed by atoms with Gasteiger partial charge in [0, 0.05) is 10.9 Å². The molecular formula is C11H9NO2. The van der Waals surface area contributed by atoms with E-state index in [-0.39, 0.29) is 5.75 Å². The molecule has 0 aliphatic rings. The third-order valence-corrected chi connectivity index (χ3v) is 2.11. The number of phenolic OH excluding ortho intramolecular Hbond substituents is 1. The van der Waals surface area contributed by atoms with Crippen LogP contribution in [0.4, 0.5) is 0 Å². The van der Waals surface area contributed by atoms with Crippen molar-refractivity contribution in [1.29, 1.82) is 0 Å². The number of phenols is 1. The Balaban J connectivity index is 2.84. The summed E-state index contributed by atoms with van der Waals surface area (Å²) in [6, 6.07) is 10.8. The van der Waals surface area contributed by atoms with Crippen molar-refractivity contribution in [3.63, 3.8) is 0 Å². The van der Waals surface area contributed by atoms with Crippen LogP contribution in [0.25, 0.3) is 10.8 Å². The number of aromatic hydroxyl groups is 1. The molecule has 0 unspecified atom stereocenters. The summed E-state index contributed by atoms with van der Waals surface area (Å²) in [5.41, 5.74) is 0.697. The predicted octanol–water partition coefficient (Wildman–Crippen LogP) is 2.35. The minimum atomic E-state index is 0.193. The van der Waals surface area contributed by atoms with Gasteiger partial charge in [-0.05, 0) is 11.5 Å². The van der Waals surface area contributed by atoms with Gasteiger partial charge in [0.2, 0.25) is 0 Å². The fourth-order valence-corrected chi connectivity index (χ4v) is 1.52. The van der Waals surface area contributed by atoms with E-state index in [1.54, 1.807) is 18.2 Å². The van der Waals surface area contributed by atoms with Crippen molar-refractivity contribution < 1.29 is 10.3 Å². The van der Waals surface area contributed by atoms with Gasteiger partial charge < -0.3 is 10.3 Å². The van der Waals surface area contributed by atoms with Crippen LogP contribution < -0.4 is 0 Å². The first kappa shape index (κ1) is 8.56. The largest absolute Gasteiger partial charge is 0.507 e. The van der Waals surface area contributed by atoms with Crippen LogP contribution in [0.15, 0.2) is 41.6 Å². The van der Waals surface area contributed by atoms with E-state index in [9.17, 15) is 5.11 Å². The van der Waals surface area contributed by atoms with E-state index < -0.39 is 0 Å². The molecule has 70 valence electrons. The Morgan fingerprint density at radius 3 is 2.50 bits per heavy atom. The second-order valence-electron chi connectivity index (χ2n) is 2.97. The van der Waals surface area contributed by atoms with Gasteiger partial charge >= 0.3 is 0 Å². The molecule has 0 atom stereocenters. The fraction of sp³-hybridized carbons (Fsp3) is 0. The van der Waals surface area contributed by atoms with Crippen LogP contribution in [0, 0.1) is 0 Å². The summed E-state index contributed by atoms with van der Waals surface area (Å²) in [4.78, 5) is 0. The SMILES string of the molecule is O/N=C/c1cccc2cccc(O)c12. The lowest BCUT2D eigenvalue weighted by Crippen LogP contribution is -1.84. The zero-order chi connectivity index (χ0) is 9.97. The highest BCUT2D eigenvalue weighted by molar-refractivity contribution is 6.02. The molecule has 0 saturated heterocycles. The Morgan fingerprint density at radius 2 is 1.79 bits per heavy atom. The molecule has 0 saturated carbocycles. The molecule has 0 heterocycles. The Bertz CT molecular complexity index is 486. The van der Waals surface area contributed by atoms with Gasteiger partial charge in [0.15, 0.2) is 0 Å². The smallest absolute Gasteiger partial charge is 0.124 e. The maximum Gasteiger partial charge on any atom is 0.124 e. The summed E-state index contributed by atoms with van der Waals surface area (Å²) >= 11 is 0. The van der Waals surface area contributed by atoms with E-state index in [1.807, 2.05) is 18.2 Å². The third kappa shape index (κ3) is 1.29. The van der Waals surface area contributed by atoms with Crippen molar-refractivity contribution in [3.05, 3.63) is 42.0 Å². The molecule has 0 fully saturated rings. The summed E-state index contributed by atoms with van der Waals surface area (Å²) < 4.78 is 0. The van der Waals surface area contributed by atoms with Crippen LogP contribution in [0.1, 0.15) is 5.56 Å². The monoisotopic (exact) mass is 187 g/mol. The molecule has 2 rings (SSSR count). The van der Waals surface area contributed by atoms with Crippen LogP contribution in [-0.4, -0.2) is 16.5 Å². The Labute approximate surface area is 80.9 Å². The molecule has 0 aliphatic heterocycles. The van der Waals surface area contributed by atoms with Crippen molar-refractivity contribution in [2.75, 3.05) is 0 Å². The summed E-state index contributed by atoms with van der Waals surface area (Å²) in [5.74, 6) is 0.193. The zero-order valence-corrected chi connectivity index (χ0v) is 7.38. The van der Waals surface area contributed by atoms with E-state index in [0.29, 0.717) is 10.9 Å². The number of hydrogen-bond donors (Lipinski definition) is 2. The van der Waals surface area contributed by atoms with E-state index in [2.05, 4.69) is 5.16 Å². The molecule has 0 aromatic heterocycles. The van der Waals surface area contributed by atoms with Crippen LogP contribution in [-0.2, 0) is 0 Å². The molecule has 0 amide bonds. The van der Waals surface area contributed by atoms with Crippen LogP contribution in [0.5, 0.6) is 5.75 Å². The highest BCUT2D eigenvalue weighted by Crippen LogP contribution is 2.26. The second-order valence-corrected chi connectivity index (χ2v) is 2.97. The number of rotatable bonds is 1. The maximum absolute atomic E-state index is 9.64. The highest BCUT2D eigenvalue weighted by atomic mass is 16.4. The molecular weight excluding hydrogens is 178 g/mol. The van der Waals surface area contributed by atoms with Crippen molar-refractivity contribution in [2.24, 2.45) is 5.16 Å². The quantitative estimate of drug-likeness (QED) is 0.409. The van der Waals surface area contributed by atoms with E-state index >= 15 is 0 Å². The van der Waals surface area contributed by atoms with Gasteiger partial charge in [-0.2, -0.15) is 0 Å². The van der Waals surface area contributed by atoms with Gasteiger partial charge in [-0.3, -0.25) is 0 Å².